The van der Waals surface area contributed by atoms with Crippen molar-refractivity contribution in [3.8, 4) is 0 Å². The van der Waals surface area contributed by atoms with Crippen molar-refractivity contribution >= 4 is 0 Å². The van der Waals surface area contributed by atoms with Gasteiger partial charge in [-0.3, -0.25) is 0 Å². The van der Waals surface area contributed by atoms with Gasteiger partial charge >= 0.3 is 0 Å². The van der Waals surface area contributed by atoms with Crippen LogP contribution in [0.1, 0.15) is 47.0 Å². The SMILES string of the molecule is CC(C)OCCCN1CC2(CC(C(C)C)C2)C1. The lowest BCUT2D eigenvalue weighted by atomic mass is 9.55. The predicted molar refractivity (Wildman–Crippen MR) is 72.1 cm³/mol. The van der Waals surface area contributed by atoms with Crippen LogP contribution in [0.15, 0.2) is 0 Å². The molecule has 0 radical (unpaired) electrons. The summed E-state index contributed by atoms with van der Waals surface area (Å²) in [6.07, 6.45) is 4.56. The van der Waals surface area contributed by atoms with Crippen LogP contribution in [0.5, 0.6) is 0 Å². The maximum absolute atomic E-state index is 5.57. The van der Waals surface area contributed by atoms with Crippen LogP contribution in [0.25, 0.3) is 0 Å². The fourth-order valence-corrected chi connectivity index (χ4v) is 3.45. The van der Waals surface area contributed by atoms with Gasteiger partial charge in [0.2, 0.25) is 0 Å². The van der Waals surface area contributed by atoms with E-state index in [9.17, 15) is 0 Å². The molecule has 2 fully saturated rings. The third-order valence-electron chi connectivity index (χ3n) is 4.52. The zero-order chi connectivity index (χ0) is 12.5. The van der Waals surface area contributed by atoms with Gasteiger partial charge in [0.1, 0.15) is 0 Å². The van der Waals surface area contributed by atoms with Crippen molar-refractivity contribution in [3.63, 3.8) is 0 Å². The fraction of sp³-hybridized carbons (Fsp3) is 1.00. The standard InChI is InChI=1S/C15H29NO/c1-12(2)14-8-15(9-14)10-16(11-15)6-5-7-17-13(3)4/h12-14H,5-11H2,1-4H3. The quantitative estimate of drug-likeness (QED) is 0.660. The molecule has 1 aliphatic carbocycles. The van der Waals surface area contributed by atoms with Gasteiger partial charge in [0, 0.05) is 26.2 Å². The Bertz CT molecular complexity index is 235. The van der Waals surface area contributed by atoms with Crippen LogP contribution in [-0.2, 0) is 4.74 Å². The summed E-state index contributed by atoms with van der Waals surface area (Å²) in [5.41, 5.74) is 0.744. The highest BCUT2D eigenvalue weighted by molar-refractivity contribution is 5.04. The molecule has 0 unspecified atom stereocenters. The third-order valence-corrected chi connectivity index (χ3v) is 4.52. The molecule has 100 valence electrons. The summed E-state index contributed by atoms with van der Waals surface area (Å²) in [6, 6.07) is 0. The Morgan fingerprint density at radius 1 is 1.18 bits per heavy atom. The van der Waals surface area contributed by atoms with Gasteiger partial charge in [0.15, 0.2) is 0 Å². The zero-order valence-corrected chi connectivity index (χ0v) is 12.0. The van der Waals surface area contributed by atoms with E-state index in [0.717, 1.165) is 23.9 Å². The topological polar surface area (TPSA) is 12.5 Å². The molecule has 0 aromatic rings. The van der Waals surface area contributed by atoms with Gasteiger partial charge < -0.3 is 9.64 Å². The first kappa shape index (κ1) is 13.4. The second-order valence-corrected chi connectivity index (χ2v) is 6.90. The molecule has 17 heavy (non-hydrogen) atoms. The van der Waals surface area contributed by atoms with E-state index < -0.39 is 0 Å². The van der Waals surface area contributed by atoms with Crippen LogP contribution in [0, 0.1) is 17.3 Å². The van der Waals surface area contributed by atoms with Crippen molar-refractivity contribution in [2.75, 3.05) is 26.2 Å². The van der Waals surface area contributed by atoms with Gasteiger partial charge in [-0.05, 0) is 50.4 Å². The first-order chi connectivity index (χ1) is 8.01. The van der Waals surface area contributed by atoms with Crippen molar-refractivity contribution < 1.29 is 4.74 Å². The largest absolute Gasteiger partial charge is 0.379 e. The summed E-state index contributed by atoms with van der Waals surface area (Å²) in [5.74, 6) is 1.91. The van der Waals surface area contributed by atoms with E-state index in [-0.39, 0.29) is 0 Å². The third kappa shape index (κ3) is 3.23. The average Bonchev–Trinajstić information content (AvgIpc) is 2.10. The molecule has 0 aromatic heterocycles. The molecule has 2 nitrogen and oxygen atoms in total. The van der Waals surface area contributed by atoms with E-state index in [0.29, 0.717) is 6.10 Å². The van der Waals surface area contributed by atoms with E-state index in [1.165, 1.54) is 38.9 Å². The summed E-state index contributed by atoms with van der Waals surface area (Å²) in [4.78, 5) is 2.61. The number of hydrogen-bond donors (Lipinski definition) is 0. The lowest BCUT2D eigenvalue weighted by Crippen LogP contribution is -2.62. The Hall–Kier alpha value is -0.0800. The van der Waals surface area contributed by atoms with Crippen LogP contribution in [0.3, 0.4) is 0 Å². The maximum Gasteiger partial charge on any atom is 0.0518 e. The van der Waals surface area contributed by atoms with Crippen LogP contribution in [-0.4, -0.2) is 37.2 Å². The molecule has 2 aliphatic rings. The molecule has 1 aliphatic heterocycles. The second-order valence-electron chi connectivity index (χ2n) is 6.90. The summed E-state index contributed by atoms with van der Waals surface area (Å²) >= 11 is 0. The highest BCUT2D eigenvalue weighted by atomic mass is 16.5. The minimum absolute atomic E-state index is 0.385. The van der Waals surface area contributed by atoms with Crippen LogP contribution >= 0.6 is 0 Å². The molecule has 0 aromatic carbocycles. The highest BCUT2D eigenvalue weighted by Gasteiger charge is 2.52. The second kappa shape index (κ2) is 5.27. The van der Waals surface area contributed by atoms with Crippen molar-refractivity contribution in [1.82, 2.24) is 4.90 Å². The minimum atomic E-state index is 0.385. The molecule has 0 bridgehead atoms. The molecule has 1 spiro atoms. The number of hydrogen-bond acceptors (Lipinski definition) is 2. The molecule has 1 saturated heterocycles. The Balaban J connectivity index is 1.52. The predicted octanol–water partition coefficient (Wildman–Crippen LogP) is 3.17. The first-order valence-electron chi connectivity index (χ1n) is 7.35. The smallest absolute Gasteiger partial charge is 0.0518 e. The Morgan fingerprint density at radius 3 is 2.35 bits per heavy atom. The van der Waals surface area contributed by atoms with Crippen molar-refractivity contribution in [2.45, 2.75) is 53.1 Å². The molecule has 0 N–H and O–H groups in total. The minimum Gasteiger partial charge on any atom is -0.379 e. The lowest BCUT2D eigenvalue weighted by molar-refractivity contribution is -0.107. The number of likely N-dealkylation sites (tertiary alicyclic amines) is 1. The maximum atomic E-state index is 5.57. The van der Waals surface area contributed by atoms with Gasteiger partial charge in [0.05, 0.1) is 6.10 Å². The van der Waals surface area contributed by atoms with Crippen LogP contribution < -0.4 is 0 Å². The summed E-state index contributed by atoms with van der Waals surface area (Å²) in [6.45, 7) is 13.8. The Morgan fingerprint density at radius 2 is 1.82 bits per heavy atom. The average molecular weight is 239 g/mol. The van der Waals surface area contributed by atoms with E-state index in [4.69, 9.17) is 4.74 Å². The summed E-state index contributed by atoms with van der Waals surface area (Å²) in [7, 11) is 0. The molecule has 0 atom stereocenters. The normalized spacial score (nSPS) is 24.4. The molecular formula is C15H29NO. The van der Waals surface area contributed by atoms with E-state index in [1.807, 2.05) is 0 Å². The van der Waals surface area contributed by atoms with Crippen molar-refractivity contribution in [1.29, 1.82) is 0 Å². The van der Waals surface area contributed by atoms with Crippen molar-refractivity contribution in [2.24, 2.45) is 17.3 Å². The molecule has 0 amide bonds. The molecule has 1 saturated carbocycles. The van der Waals surface area contributed by atoms with Gasteiger partial charge in [-0.25, -0.2) is 0 Å². The Labute approximate surface area is 107 Å². The fourth-order valence-electron chi connectivity index (χ4n) is 3.45. The van der Waals surface area contributed by atoms with Crippen LogP contribution in [0.4, 0.5) is 0 Å². The molecular weight excluding hydrogens is 210 g/mol. The van der Waals surface area contributed by atoms with Gasteiger partial charge in [-0.2, -0.15) is 0 Å². The molecule has 2 rings (SSSR count). The summed E-state index contributed by atoms with van der Waals surface area (Å²) < 4.78 is 5.57. The Kier molecular flexibility index (Phi) is 4.14. The molecule has 1 heterocycles. The van der Waals surface area contributed by atoms with Gasteiger partial charge in [-0.15, -0.1) is 0 Å². The van der Waals surface area contributed by atoms with Crippen molar-refractivity contribution in [3.05, 3.63) is 0 Å². The van der Waals surface area contributed by atoms with E-state index in [2.05, 4.69) is 32.6 Å². The number of nitrogens with zero attached hydrogens (tertiary/aromatic N) is 1. The molecule has 2 heteroatoms. The van der Waals surface area contributed by atoms with Gasteiger partial charge in [0.25, 0.3) is 0 Å². The zero-order valence-electron chi connectivity index (χ0n) is 12.0. The summed E-state index contributed by atoms with van der Waals surface area (Å²) in [5, 5.41) is 0. The lowest BCUT2D eigenvalue weighted by Gasteiger charge is -2.60. The van der Waals surface area contributed by atoms with E-state index >= 15 is 0 Å². The highest BCUT2D eigenvalue weighted by Crippen LogP contribution is 2.54. The van der Waals surface area contributed by atoms with E-state index in [1.54, 1.807) is 0 Å². The number of ether oxygens (including phenoxy) is 1. The first-order valence-corrected chi connectivity index (χ1v) is 7.35. The van der Waals surface area contributed by atoms with Gasteiger partial charge in [-0.1, -0.05) is 13.8 Å². The number of rotatable bonds is 6. The monoisotopic (exact) mass is 239 g/mol. The van der Waals surface area contributed by atoms with Crippen LogP contribution in [0.2, 0.25) is 0 Å².